The SMILES string of the molecule is CCCCCCCCCCC(C(=O)O)C(CC)CCCCC. The molecule has 0 aromatic rings. The molecule has 2 atom stereocenters. The third-order valence-electron chi connectivity index (χ3n) is 4.96. The van der Waals surface area contributed by atoms with Gasteiger partial charge in [0.05, 0.1) is 5.92 Å². The largest absolute Gasteiger partial charge is 0.481 e. The van der Waals surface area contributed by atoms with Gasteiger partial charge in [0, 0.05) is 0 Å². The number of hydrogen-bond donors (Lipinski definition) is 1. The van der Waals surface area contributed by atoms with Crippen molar-refractivity contribution in [2.45, 2.75) is 111 Å². The normalized spacial score (nSPS) is 14.0. The summed E-state index contributed by atoms with van der Waals surface area (Å²) in [4.78, 5) is 11.6. The highest BCUT2D eigenvalue weighted by atomic mass is 16.4. The zero-order chi connectivity index (χ0) is 16.6. The van der Waals surface area contributed by atoms with Crippen molar-refractivity contribution in [3.05, 3.63) is 0 Å². The van der Waals surface area contributed by atoms with Crippen LogP contribution in [-0.4, -0.2) is 11.1 Å². The predicted molar refractivity (Wildman–Crippen MR) is 96.3 cm³/mol. The van der Waals surface area contributed by atoms with E-state index in [4.69, 9.17) is 0 Å². The van der Waals surface area contributed by atoms with Crippen LogP contribution in [0, 0.1) is 11.8 Å². The summed E-state index contributed by atoms with van der Waals surface area (Å²) in [6.07, 6.45) is 16.9. The first-order chi connectivity index (χ1) is 10.7. The molecule has 132 valence electrons. The van der Waals surface area contributed by atoms with Crippen LogP contribution in [-0.2, 0) is 4.79 Å². The molecule has 1 N–H and O–H groups in total. The molecule has 2 heteroatoms. The van der Waals surface area contributed by atoms with Gasteiger partial charge in [-0.3, -0.25) is 4.79 Å². The highest BCUT2D eigenvalue weighted by Gasteiger charge is 2.25. The molecule has 0 amide bonds. The van der Waals surface area contributed by atoms with Crippen molar-refractivity contribution in [3.63, 3.8) is 0 Å². The second-order valence-electron chi connectivity index (χ2n) is 6.87. The van der Waals surface area contributed by atoms with Gasteiger partial charge in [0.1, 0.15) is 0 Å². The van der Waals surface area contributed by atoms with Crippen molar-refractivity contribution in [3.8, 4) is 0 Å². The monoisotopic (exact) mass is 312 g/mol. The molecule has 0 saturated carbocycles. The van der Waals surface area contributed by atoms with Crippen LogP contribution in [0.15, 0.2) is 0 Å². The zero-order valence-corrected chi connectivity index (χ0v) is 15.4. The van der Waals surface area contributed by atoms with Crippen molar-refractivity contribution < 1.29 is 9.90 Å². The van der Waals surface area contributed by atoms with Gasteiger partial charge in [-0.2, -0.15) is 0 Å². The molecule has 0 heterocycles. The fourth-order valence-electron chi connectivity index (χ4n) is 3.41. The quantitative estimate of drug-likeness (QED) is 0.317. The molecule has 0 aliphatic heterocycles. The lowest BCUT2D eigenvalue weighted by molar-refractivity contribution is -0.144. The molecule has 0 rings (SSSR count). The van der Waals surface area contributed by atoms with Crippen molar-refractivity contribution >= 4 is 5.97 Å². The Morgan fingerprint density at radius 3 is 1.68 bits per heavy atom. The summed E-state index contributed by atoms with van der Waals surface area (Å²) in [6.45, 7) is 6.60. The number of aliphatic carboxylic acids is 1. The maximum absolute atomic E-state index is 11.6. The van der Waals surface area contributed by atoms with Crippen LogP contribution in [0.5, 0.6) is 0 Å². The van der Waals surface area contributed by atoms with E-state index in [1.807, 2.05) is 0 Å². The van der Waals surface area contributed by atoms with E-state index in [9.17, 15) is 9.90 Å². The van der Waals surface area contributed by atoms with Crippen molar-refractivity contribution in [2.75, 3.05) is 0 Å². The third-order valence-corrected chi connectivity index (χ3v) is 4.96. The van der Waals surface area contributed by atoms with Crippen LogP contribution in [0.2, 0.25) is 0 Å². The van der Waals surface area contributed by atoms with Crippen LogP contribution >= 0.6 is 0 Å². The number of carboxylic acids is 1. The Kier molecular flexibility index (Phi) is 15.0. The fraction of sp³-hybridized carbons (Fsp3) is 0.950. The van der Waals surface area contributed by atoms with E-state index in [1.54, 1.807) is 0 Å². The lowest BCUT2D eigenvalue weighted by atomic mass is 9.82. The van der Waals surface area contributed by atoms with Crippen LogP contribution in [0.4, 0.5) is 0 Å². The molecule has 0 saturated heterocycles. The summed E-state index contributed by atoms with van der Waals surface area (Å²) >= 11 is 0. The van der Waals surface area contributed by atoms with Crippen molar-refractivity contribution in [1.82, 2.24) is 0 Å². The topological polar surface area (TPSA) is 37.3 Å². The van der Waals surface area contributed by atoms with E-state index in [2.05, 4.69) is 20.8 Å². The Morgan fingerprint density at radius 1 is 0.727 bits per heavy atom. The Bertz CT molecular complexity index is 250. The number of carbonyl (C=O) groups is 1. The minimum absolute atomic E-state index is 0.109. The molecule has 0 aliphatic rings. The fourth-order valence-corrected chi connectivity index (χ4v) is 3.41. The summed E-state index contributed by atoms with van der Waals surface area (Å²) in [5.74, 6) is -0.290. The van der Waals surface area contributed by atoms with Gasteiger partial charge in [-0.1, -0.05) is 97.8 Å². The van der Waals surface area contributed by atoms with E-state index < -0.39 is 5.97 Å². The maximum atomic E-state index is 11.6. The van der Waals surface area contributed by atoms with Gasteiger partial charge in [0.2, 0.25) is 0 Å². The Hall–Kier alpha value is -0.530. The van der Waals surface area contributed by atoms with Crippen LogP contribution < -0.4 is 0 Å². The second-order valence-corrected chi connectivity index (χ2v) is 6.87. The summed E-state index contributed by atoms with van der Waals surface area (Å²) in [5, 5.41) is 9.53. The average molecular weight is 313 g/mol. The zero-order valence-electron chi connectivity index (χ0n) is 15.4. The molecule has 0 aromatic heterocycles. The van der Waals surface area contributed by atoms with Gasteiger partial charge in [0.25, 0.3) is 0 Å². The van der Waals surface area contributed by atoms with E-state index in [0.717, 1.165) is 25.7 Å². The number of rotatable bonds is 16. The molecule has 0 bridgehead atoms. The van der Waals surface area contributed by atoms with Gasteiger partial charge in [-0.05, 0) is 18.8 Å². The van der Waals surface area contributed by atoms with Gasteiger partial charge in [-0.15, -0.1) is 0 Å². The highest BCUT2D eigenvalue weighted by Crippen LogP contribution is 2.27. The van der Waals surface area contributed by atoms with Gasteiger partial charge >= 0.3 is 5.97 Å². The third kappa shape index (κ3) is 11.1. The lowest BCUT2D eigenvalue weighted by Crippen LogP contribution is -2.23. The summed E-state index contributed by atoms with van der Waals surface area (Å²) in [5.41, 5.74) is 0. The lowest BCUT2D eigenvalue weighted by Gasteiger charge is -2.22. The van der Waals surface area contributed by atoms with Crippen LogP contribution in [0.1, 0.15) is 111 Å². The van der Waals surface area contributed by atoms with E-state index in [1.165, 1.54) is 64.2 Å². The number of hydrogen-bond acceptors (Lipinski definition) is 1. The summed E-state index contributed by atoms with van der Waals surface area (Å²) < 4.78 is 0. The molecule has 0 spiro atoms. The van der Waals surface area contributed by atoms with Crippen molar-refractivity contribution in [2.24, 2.45) is 11.8 Å². The molecule has 0 aromatic carbocycles. The maximum Gasteiger partial charge on any atom is 0.306 e. The minimum Gasteiger partial charge on any atom is -0.481 e. The molecule has 2 nitrogen and oxygen atoms in total. The van der Waals surface area contributed by atoms with Crippen LogP contribution in [0.25, 0.3) is 0 Å². The predicted octanol–water partition coefficient (Wildman–Crippen LogP) is 6.82. The molecule has 2 unspecified atom stereocenters. The van der Waals surface area contributed by atoms with E-state index >= 15 is 0 Å². The van der Waals surface area contributed by atoms with E-state index in [-0.39, 0.29) is 5.92 Å². The average Bonchev–Trinajstić information content (AvgIpc) is 2.51. The van der Waals surface area contributed by atoms with Crippen molar-refractivity contribution in [1.29, 1.82) is 0 Å². The van der Waals surface area contributed by atoms with Gasteiger partial charge in [0.15, 0.2) is 0 Å². The first-order valence-electron chi connectivity index (χ1n) is 9.90. The molecular weight excluding hydrogens is 272 g/mol. The first-order valence-corrected chi connectivity index (χ1v) is 9.90. The standard InChI is InChI=1S/C20H40O2/c1-4-7-9-10-11-12-13-15-17-19(20(21)22)18(6-3)16-14-8-5-2/h18-19H,4-17H2,1-3H3,(H,21,22). The molecule has 0 fully saturated rings. The van der Waals surface area contributed by atoms with Gasteiger partial charge in [-0.25, -0.2) is 0 Å². The molecule has 0 radical (unpaired) electrons. The molecule has 0 aliphatic carbocycles. The summed E-state index contributed by atoms with van der Waals surface area (Å²) in [7, 11) is 0. The Labute approximate surface area is 139 Å². The Morgan fingerprint density at radius 2 is 1.18 bits per heavy atom. The second kappa shape index (κ2) is 15.4. The number of unbranched alkanes of at least 4 members (excludes halogenated alkanes) is 9. The first kappa shape index (κ1) is 21.5. The molecular formula is C20H40O2. The van der Waals surface area contributed by atoms with E-state index in [0.29, 0.717) is 5.92 Å². The smallest absolute Gasteiger partial charge is 0.306 e. The minimum atomic E-state index is -0.564. The molecule has 22 heavy (non-hydrogen) atoms. The van der Waals surface area contributed by atoms with Crippen LogP contribution in [0.3, 0.4) is 0 Å². The van der Waals surface area contributed by atoms with Gasteiger partial charge < -0.3 is 5.11 Å². The number of carboxylic acid groups (broad SMARTS) is 1. The Balaban J connectivity index is 3.89. The summed E-state index contributed by atoms with van der Waals surface area (Å²) in [6, 6.07) is 0. The highest BCUT2D eigenvalue weighted by molar-refractivity contribution is 5.70.